The minimum atomic E-state index is -0.213. The monoisotopic (exact) mass is 255 g/mol. The van der Waals surface area contributed by atoms with Crippen molar-refractivity contribution in [1.29, 1.82) is 0 Å². The maximum atomic E-state index is 12.9. The summed E-state index contributed by atoms with van der Waals surface area (Å²) >= 11 is 1.78. The third kappa shape index (κ3) is 5.58. The van der Waals surface area contributed by atoms with Gasteiger partial charge in [-0.05, 0) is 24.0 Å². The van der Waals surface area contributed by atoms with Gasteiger partial charge in [0.1, 0.15) is 5.82 Å². The molecule has 0 aliphatic carbocycles. The van der Waals surface area contributed by atoms with Crippen molar-refractivity contribution in [3.63, 3.8) is 0 Å². The molecule has 0 atom stereocenters. The zero-order chi connectivity index (χ0) is 12.5. The van der Waals surface area contributed by atoms with Gasteiger partial charge in [-0.15, -0.1) is 0 Å². The molecule has 0 heterocycles. The Labute approximate surface area is 106 Å². The average molecular weight is 255 g/mol. The van der Waals surface area contributed by atoms with E-state index in [9.17, 15) is 4.39 Å². The van der Waals surface area contributed by atoms with E-state index in [-0.39, 0.29) is 5.82 Å². The number of guanidine groups is 1. The van der Waals surface area contributed by atoms with Gasteiger partial charge < -0.3 is 10.6 Å². The molecule has 0 aliphatic heterocycles. The quantitative estimate of drug-likeness (QED) is 0.479. The minimum absolute atomic E-state index is 0.213. The lowest BCUT2D eigenvalue weighted by atomic mass is 10.2. The molecule has 0 spiro atoms. The molecular formula is C12H18FN3S. The van der Waals surface area contributed by atoms with Crippen molar-refractivity contribution in [1.82, 2.24) is 10.6 Å². The van der Waals surface area contributed by atoms with E-state index < -0.39 is 0 Å². The van der Waals surface area contributed by atoms with Crippen LogP contribution in [0.1, 0.15) is 5.56 Å². The highest BCUT2D eigenvalue weighted by molar-refractivity contribution is 7.98. The zero-order valence-electron chi connectivity index (χ0n) is 10.2. The molecule has 17 heavy (non-hydrogen) atoms. The van der Waals surface area contributed by atoms with Crippen LogP contribution in [0.15, 0.2) is 29.3 Å². The Bertz CT molecular complexity index is 369. The largest absolute Gasteiger partial charge is 0.356 e. The lowest BCUT2D eigenvalue weighted by Gasteiger charge is -2.11. The molecule has 0 radical (unpaired) electrons. The van der Waals surface area contributed by atoms with E-state index in [2.05, 4.69) is 21.9 Å². The molecule has 0 saturated heterocycles. The Hall–Kier alpha value is -1.23. The van der Waals surface area contributed by atoms with Gasteiger partial charge >= 0.3 is 0 Å². The Balaban J connectivity index is 2.37. The van der Waals surface area contributed by atoms with Gasteiger partial charge in [0, 0.05) is 25.9 Å². The van der Waals surface area contributed by atoms with Crippen LogP contribution in [0.25, 0.3) is 0 Å². The van der Waals surface area contributed by atoms with Crippen LogP contribution in [0.3, 0.4) is 0 Å². The highest BCUT2D eigenvalue weighted by atomic mass is 32.2. The summed E-state index contributed by atoms with van der Waals surface area (Å²) in [7, 11) is 1.72. The molecule has 94 valence electrons. The molecule has 0 amide bonds. The fraction of sp³-hybridized carbons (Fsp3) is 0.417. The number of halogens is 1. The van der Waals surface area contributed by atoms with E-state index in [1.165, 1.54) is 12.1 Å². The number of hydrogen-bond donors (Lipinski definition) is 2. The molecular weight excluding hydrogens is 237 g/mol. The predicted octanol–water partition coefficient (Wildman–Crippen LogP) is 1.85. The van der Waals surface area contributed by atoms with Crippen molar-refractivity contribution in [3.05, 3.63) is 35.6 Å². The minimum Gasteiger partial charge on any atom is -0.356 e. The summed E-state index contributed by atoms with van der Waals surface area (Å²) in [5.41, 5.74) is 0.901. The number of nitrogens with zero attached hydrogens (tertiary/aromatic N) is 1. The first-order valence-corrected chi connectivity index (χ1v) is 6.83. The molecule has 1 aromatic carbocycles. The van der Waals surface area contributed by atoms with Crippen molar-refractivity contribution >= 4 is 17.7 Å². The van der Waals surface area contributed by atoms with E-state index in [1.807, 2.05) is 6.07 Å². The van der Waals surface area contributed by atoms with Crippen LogP contribution in [0.2, 0.25) is 0 Å². The molecule has 0 unspecified atom stereocenters. The maximum Gasteiger partial charge on any atom is 0.191 e. The molecule has 1 aromatic rings. The summed E-state index contributed by atoms with van der Waals surface area (Å²) in [5, 5.41) is 6.31. The smallest absolute Gasteiger partial charge is 0.191 e. The first-order valence-electron chi connectivity index (χ1n) is 5.44. The van der Waals surface area contributed by atoms with Gasteiger partial charge in [0.2, 0.25) is 0 Å². The second-order valence-corrected chi connectivity index (χ2v) is 4.46. The molecule has 2 N–H and O–H groups in total. The molecule has 1 rings (SSSR count). The average Bonchev–Trinajstić information content (AvgIpc) is 2.34. The van der Waals surface area contributed by atoms with Crippen molar-refractivity contribution in [2.75, 3.05) is 25.6 Å². The first kappa shape index (κ1) is 13.8. The molecule has 5 heteroatoms. The van der Waals surface area contributed by atoms with E-state index in [4.69, 9.17) is 0 Å². The summed E-state index contributed by atoms with van der Waals surface area (Å²) < 4.78 is 12.9. The number of nitrogens with one attached hydrogen (secondary N) is 2. The summed E-state index contributed by atoms with van der Waals surface area (Å²) in [6.07, 6.45) is 2.06. The molecule has 0 aliphatic rings. The van der Waals surface area contributed by atoms with Crippen molar-refractivity contribution in [2.45, 2.75) is 6.54 Å². The third-order valence-corrected chi connectivity index (χ3v) is 2.78. The highest BCUT2D eigenvalue weighted by Gasteiger charge is 1.98. The fourth-order valence-electron chi connectivity index (χ4n) is 1.32. The van der Waals surface area contributed by atoms with E-state index in [0.29, 0.717) is 6.54 Å². The van der Waals surface area contributed by atoms with E-state index in [1.54, 1.807) is 24.9 Å². The lowest BCUT2D eigenvalue weighted by Crippen LogP contribution is -2.37. The fourth-order valence-corrected chi connectivity index (χ4v) is 1.63. The number of rotatable bonds is 5. The Morgan fingerprint density at radius 1 is 1.41 bits per heavy atom. The standard InChI is InChI=1S/C12H18FN3S/c1-14-12(15-6-7-17-2)16-9-10-4-3-5-11(13)8-10/h3-5,8H,6-7,9H2,1-2H3,(H2,14,15,16). The molecule has 0 aromatic heterocycles. The maximum absolute atomic E-state index is 12.9. The summed E-state index contributed by atoms with van der Waals surface area (Å²) in [4.78, 5) is 4.09. The predicted molar refractivity (Wildman–Crippen MR) is 73.0 cm³/mol. The van der Waals surface area contributed by atoms with Crippen molar-refractivity contribution < 1.29 is 4.39 Å². The van der Waals surface area contributed by atoms with Crippen molar-refractivity contribution in [2.24, 2.45) is 4.99 Å². The first-order chi connectivity index (χ1) is 8.26. The number of thioether (sulfide) groups is 1. The van der Waals surface area contributed by atoms with Crippen LogP contribution >= 0.6 is 11.8 Å². The van der Waals surface area contributed by atoms with Crippen LogP contribution < -0.4 is 10.6 Å². The second kappa shape index (κ2) is 7.95. The highest BCUT2D eigenvalue weighted by Crippen LogP contribution is 2.02. The molecule has 3 nitrogen and oxygen atoms in total. The number of hydrogen-bond acceptors (Lipinski definition) is 2. The van der Waals surface area contributed by atoms with Gasteiger partial charge in [-0.3, -0.25) is 4.99 Å². The van der Waals surface area contributed by atoms with Crippen LogP contribution in [-0.4, -0.2) is 31.6 Å². The number of aliphatic imine (C=N–C) groups is 1. The van der Waals surface area contributed by atoms with Gasteiger partial charge in [0.05, 0.1) is 0 Å². The van der Waals surface area contributed by atoms with Crippen molar-refractivity contribution in [3.8, 4) is 0 Å². The van der Waals surface area contributed by atoms with Crippen LogP contribution in [-0.2, 0) is 6.54 Å². The Morgan fingerprint density at radius 3 is 2.88 bits per heavy atom. The Kier molecular flexibility index (Phi) is 6.47. The van der Waals surface area contributed by atoms with Gasteiger partial charge in [-0.2, -0.15) is 11.8 Å². The van der Waals surface area contributed by atoms with E-state index in [0.717, 1.165) is 23.8 Å². The van der Waals surface area contributed by atoms with Crippen LogP contribution in [0, 0.1) is 5.82 Å². The van der Waals surface area contributed by atoms with Crippen LogP contribution in [0.5, 0.6) is 0 Å². The second-order valence-electron chi connectivity index (χ2n) is 3.48. The topological polar surface area (TPSA) is 36.4 Å². The summed E-state index contributed by atoms with van der Waals surface area (Å²) in [6, 6.07) is 6.54. The SMILES string of the molecule is CN=C(NCCSC)NCc1cccc(F)c1. The van der Waals surface area contributed by atoms with Gasteiger partial charge in [-0.25, -0.2) is 4.39 Å². The van der Waals surface area contributed by atoms with E-state index >= 15 is 0 Å². The molecule has 0 saturated carbocycles. The van der Waals surface area contributed by atoms with Gasteiger partial charge in [0.25, 0.3) is 0 Å². The molecule has 0 fully saturated rings. The third-order valence-electron chi connectivity index (χ3n) is 2.17. The molecule has 0 bridgehead atoms. The Morgan fingerprint density at radius 2 is 2.24 bits per heavy atom. The zero-order valence-corrected chi connectivity index (χ0v) is 11.0. The van der Waals surface area contributed by atoms with Crippen LogP contribution in [0.4, 0.5) is 4.39 Å². The van der Waals surface area contributed by atoms with Gasteiger partial charge in [0.15, 0.2) is 5.96 Å². The summed E-state index contributed by atoms with van der Waals surface area (Å²) in [5.74, 6) is 1.55. The lowest BCUT2D eigenvalue weighted by molar-refractivity contribution is 0.624. The normalized spacial score (nSPS) is 11.4. The summed E-state index contributed by atoms with van der Waals surface area (Å²) in [6.45, 7) is 1.43. The van der Waals surface area contributed by atoms with Gasteiger partial charge in [-0.1, -0.05) is 12.1 Å². The number of benzene rings is 1.